The van der Waals surface area contributed by atoms with E-state index in [0.29, 0.717) is 0 Å². The Kier molecular flexibility index (Phi) is 3.71. The predicted octanol–water partition coefficient (Wildman–Crippen LogP) is 6.81. The molecule has 4 aliphatic carbocycles. The van der Waals surface area contributed by atoms with E-state index in [1.807, 2.05) is 0 Å². The minimum atomic E-state index is -1.27. The van der Waals surface area contributed by atoms with E-state index in [2.05, 4.69) is 73.8 Å². The molecule has 6 atom stereocenters. The number of rotatable bonds is 2. The molecule has 1 aromatic carbocycles. The number of benzene rings is 1. The molecule has 1 aromatic rings. The first-order valence-corrected chi connectivity index (χ1v) is 13.4. The molecule has 25 heavy (non-hydrogen) atoms. The lowest BCUT2D eigenvalue weighted by atomic mass is 9.82. The zero-order valence-corrected chi connectivity index (χ0v) is 16.6. The second kappa shape index (κ2) is 5.84. The van der Waals surface area contributed by atoms with Crippen LogP contribution < -0.4 is 0 Å². The Bertz CT molecular complexity index is 753. The van der Waals surface area contributed by atoms with Crippen molar-refractivity contribution in [2.24, 2.45) is 17.8 Å². The number of allylic oxidation sites excluding steroid dienone is 5. The summed E-state index contributed by atoms with van der Waals surface area (Å²) in [6.45, 7) is 5.45. The largest absolute Gasteiger partial charge is 0.0808 e. The fourth-order valence-corrected chi connectivity index (χ4v) is 11.2. The van der Waals surface area contributed by atoms with Gasteiger partial charge in [-0.15, -0.1) is 0 Å². The van der Waals surface area contributed by atoms with Crippen LogP contribution in [0, 0.1) is 17.8 Å². The van der Waals surface area contributed by atoms with Gasteiger partial charge in [0.25, 0.3) is 0 Å². The van der Waals surface area contributed by atoms with Crippen molar-refractivity contribution in [3.63, 3.8) is 0 Å². The van der Waals surface area contributed by atoms with Gasteiger partial charge in [-0.2, -0.15) is 0 Å². The lowest BCUT2D eigenvalue weighted by Gasteiger charge is -2.39. The van der Waals surface area contributed by atoms with Gasteiger partial charge in [0.2, 0.25) is 0 Å². The van der Waals surface area contributed by atoms with Crippen molar-refractivity contribution in [3.05, 3.63) is 65.8 Å². The van der Waals surface area contributed by atoms with E-state index in [1.54, 1.807) is 5.56 Å². The Morgan fingerprint density at radius 3 is 2.64 bits per heavy atom. The van der Waals surface area contributed by atoms with Crippen molar-refractivity contribution in [3.8, 4) is 0 Å². The molecular weight excluding hydrogens is 316 g/mol. The number of fused-ring (bicyclic) bond motifs is 4. The highest BCUT2D eigenvalue weighted by Crippen LogP contribution is 2.59. The van der Waals surface area contributed by atoms with Gasteiger partial charge in [-0.05, 0) is 65.1 Å². The minimum absolute atomic E-state index is 0.789. The van der Waals surface area contributed by atoms with Crippen LogP contribution in [0.25, 0.3) is 6.08 Å². The van der Waals surface area contributed by atoms with Crippen LogP contribution in [0.15, 0.2) is 54.6 Å². The highest BCUT2D eigenvalue weighted by Gasteiger charge is 2.51. The van der Waals surface area contributed by atoms with Crippen molar-refractivity contribution < 1.29 is 0 Å². The molecule has 5 rings (SSSR count). The molecule has 0 amide bonds. The van der Waals surface area contributed by atoms with E-state index in [9.17, 15) is 0 Å². The summed E-state index contributed by atoms with van der Waals surface area (Å²) in [4.78, 5) is 0. The number of hydrogen-bond donors (Lipinski definition) is 0. The number of hydrogen-bond acceptors (Lipinski definition) is 0. The molecule has 2 fully saturated rings. The van der Waals surface area contributed by atoms with Gasteiger partial charge in [0.1, 0.15) is 0 Å². The van der Waals surface area contributed by atoms with Gasteiger partial charge in [-0.3, -0.25) is 0 Å². The fourth-order valence-electron chi connectivity index (χ4n) is 6.60. The SMILES string of the molecule is C[Si](C)(C1CC2C=Cc3ccccc3C2C1)C1CCC2C=CC=CC21. The van der Waals surface area contributed by atoms with Gasteiger partial charge in [0, 0.05) is 0 Å². The quantitative estimate of drug-likeness (QED) is 0.516. The molecule has 0 aromatic heterocycles. The Labute approximate surface area is 153 Å². The topological polar surface area (TPSA) is 0 Å². The molecule has 0 radical (unpaired) electrons. The second-order valence-corrected chi connectivity index (χ2v) is 14.6. The molecule has 0 bridgehead atoms. The molecule has 6 unspecified atom stereocenters. The van der Waals surface area contributed by atoms with E-state index in [1.165, 1.54) is 31.2 Å². The normalized spacial score (nSPS) is 38.5. The van der Waals surface area contributed by atoms with Crippen LogP contribution in [0.5, 0.6) is 0 Å². The predicted molar refractivity (Wildman–Crippen MR) is 110 cm³/mol. The van der Waals surface area contributed by atoms with Crippen molar-refractivity contribution in [2.45, 2.75) is 55.8 Å². The van der Waals surface area contributed by atoms with Crippen LogP contribution in [0.2, 0.25) is 24.2 Å². The molecule has 130 valence electrons. The first kappa shape index (κ1) is 15.9. The van der Waals surface area contributed by atoms with E-state index < -0.39 is 8.07 Å². The summed E-state index contributed by atoms with van der Waals surface area (Å²) in [6.07, 6.45) is 20.4. The summed E-state index contributed by atoms with van der Waals surface area (Å²) in [6, 6.07) is 9.13. The Balaban J connectivity index is 1.41. The summed E-state index contributed by atoms with van der Waals surface area (Å²) in [7, 11) is -1.27. The molecule has 0 saturated heterocycles. The van der Waals surface area contributed by atoms with Gasteiger partial charge in [0.15, 0.2) is 0 Å². The van der Waals surface area contributed by atoms with Crippen LogP contribution in [0.1, 0.15) is 42.7 Å². The Morgan fingerprint density at radius 1 is 0.880 bits per heavy atom. The third-order valence-corrected chi connectivity index (χ3v) is 13.3. The summed E-state index contributed by atoms with van der Waals surface area (Å²) in [5.74, 6) is 3.27. The smallest absolute Gasteiger partial charge is 0.0542 e. The zero-order valence-electron chi connectivity index (χ0n) is 15.6. The average Bonchev–Trinajstić information content (AvgIpc) is 3.26. The molecule has 2 saturated carbocycles. The third kappa shape index (κ3) is 2.46. The standard InChI is InChI=1S/C24H30Si/c1-25(2,24-14-13-18-8-4-6-10-22(18)24)20-15-19-12-11-17-7-3-5-9-21(17)23(19)16-20/h3-12,18-20,22-24H,13-16H2,1-2H3. The molecular formula is C24H30Si. The van der Waals surface area contributed by atoms with Crippen molar-refractivity contribution in [1.82, 2.24) is 0 Å². The summed E-state index contributed by atoms with van der Waals surface area (Å²) < 4.78 is 0. The summed E-state index contributed by atoms with van der Waals surface area (Å²) in [5, 5.41) is 0. The molecule has 0 N–H and O–H groups in total. The monoisotopic (exact) mass is 346 g/mol. The maximum atomic E-state index is 2.73. The van der Waals surface area contributed by atoms with E-state index >= 15 is 0 Å². The lowest BCUT2D eigenvalue weighted by molar-refractivity contribution is 0.539. The molecule has 0 spiro atoms. The first-order valence-electron chi connectivity index (χ1n) is 10.3. The summed E-state index contributed by atoms with van der Waals surface area (Å²) in [5.41, 5.74) is 5.08. The van der Waals surface area contributed by atoms with Gasteiger partial charge in [-0.1, -0.05) is 80.2 Å². The third-order valence-electron chi connectivity index (χ3n) is 8.11. The van der Waals surface area contributed by atoms with Crippen molar-refractivity contribution in [1.29, 1.82) is 0 Å². The van der Waals surface area contributed by atoms with Crippen molar-refractivity contribution >= 4 is 14.1 Å². The summed E-state index contributed by atoms with van der Waals surface area (Å²) >= 11 is 0. The van der Waals surface area contributed by atoms with Gasteiger partial charge < -0.3 is 0 Å². The van der Waals surface area contributed by atoms with Crippen LogP contribution in [0.3, 0.4) is 0 Å². The van der Waals surface area contributed by atoms with Crippen LogP contribution in [-0.4, -0.2) is 8.07 Å². The Hall–Kier alpha value is -1.34. The fraction of sp³-hybridized carbons (Fsp3) is 0.500. The molecule has 4 aliphatic rings. The van der Waals surface area contributed by atoms with E-state index in [4.69, 9.17) is 0 Å². The van der Waals surface area contributed by atoms with Crippen LogP contribution in [0.4, 0.5) is 0 Å². The lowest BCUT2D eigenvalue weighted by Crippen LogP contribution is -2.39. The van der Waals surface area contributed by atoms with Gasteiger partial charge in [-0.25, -0.2) is 0 Å². The second-order valence-electron chi connectivity index (χ2n) is 9.44. The van der Waals surface area contributed by atoms with E-state index in [-0.39, 0.29) is 0 Å². The maximum Gasteiger partial charge on any atom is 0.0542 e. The minimum Gasteiger partial charge on any atom is -0.0808 e. The molecule has 1 heteroatoms. The molecule has 0 heterocycles. The van der Waals surface area contributed by atoms with E-state index in [0.717, 1.165) is 34.8 Å². The van der Waals surface area contributed by atoms with Gasteiger partial charge >= 0.3 is 0 Å². The highest BCUT2D eigenvalue weighted by atomic mass is 28.3. The first-order chi connectivity index (χ1) is 12.1. The average molecular weight is 347 g/mol. The molecule has 0 aliphatic heterocycles. The van der Waals surface area contributed by atoms with Crippen LogP contribution >= 0.6 is 0 Å². The van der Waals surface area contributed by atoms with Gasteiger partial charge in [0.05, 0.1) is 8.07 Å². The zero-order chi connectivity index (χ0) is 17.0. The Morgan fingerprint density at radius 2 is 1.72 bits per heavy atom. The van der Waals surface area contributed by atoms with Crippen molar-refractivity contribution in [2.75, 3.05) is 0 Å². The van der Waals surface area contributed by atoms with Crippen LogP contribution in [-0.2, 0) is 0 Å². The maximum absolute atomic E-state index is 2.73. The highest BCUT2D eigenvalue weighted by molar-refractivity contribution is 6.80. The molecule has 0 nitrogen and oxygen atoms in total.